The molecule has 2 rings (SSSR count). The van der Waals surface area contributed by atoms with Crippen molar-refractivity contribution in [2.24, 2.45) is 22.6 Å². The zero-order valence-corrected chi connectivity index (χ0v) is 13.9. The molecular formula is C17H24F3N3O2. The maximum absolute atomic E-state index is 12.1. The zero-order chi connectivity index (χ0) is 18.3. The van der Waals surface area contributed by atoms with E-state index in [2.05, 4.69) is 15.0 Å². The first kappa shape index (κ1) is 19.4. The predicted octanol–water partition coefficient (Wildman–Crippen LogP) is 2.44. The summed E-state index contributed by atoms with van der Waals surface area (Å²) in [6, 6.07) is 5.61. The van der Waals surface area contributed by atoms with Crippen molar-refractivity contribution in [2.75, 3.05) is 19.7 Å². The highest BCUT2D eigenvalue weighted by Gasteiger charge is 2.30. The number of alkyl halides is 3. The van der Waals surface area contributed by atoms with Gasteiger partial charge in [0, 0.05) is 25.6 Å². The van der Waals surface area contributed by atoms with Crippen molar-refractivity contribution in [1.82, 2.24) is 5.32 Å². The van der Waals surface area contributed by atoms with Gasteiger partial charge in [-0.05, 0) is 42.9 Å². The topological polar surface area (TPSA) is 79.9 Å². The summed E-state index contributed by atoms with van der Waals surface area (Å²) in [6.45, 7) is 1.08. The summed E-state index contributed by atoms with van der Waals surface area (Å²) in [5.74, 6) is 0.608. The molecule has 1 aromatic carbocycles. The summed E-state index contributed by atoms with van der Waals surface area (Å²) in [5, 5.41) is 12.5. The van der Waals surface area contributed by atoms with Gasteiger partial charge in [-0.25, -0.2) is 0 Å². The van der Waals surface area contributed by atoms with Crippen LogP contribution in [0.1, 0.15) is 24.8 Å². The molecule has 1 aromatic rings. The molecular weight excluding hydrogens is 335 g/mol. The third kappa shape index (κ3) is 7.21. The van der Waals surface area contributed by atoms with Crippen LogP contribution in [0.3, 0.4) is 0 Å². The quantitative estimate of drug-likeness (QED) is 0.492. The first-order valence-corrected chi connectivity index (χ1v) is 8.35. The Bertz CT molecular complexity index is 557. The van der Waals surface area contributed by atoms with Gasteiger partial charge in [-0.3, -0.25) is 4.99 Å². The first-order chi connectivity index (χ1) is 11.9. The molecule has 1 aliphatic rings. The number of aliphatic imine (C=N–C) groups is 1. The van der Waals surface area contributed by atoms with Crippen LogP contribution in [-0.2, 0) is 6.42 Å². The van der Waals surface area contributed by atoms with Crippen LogP contribution >= 0.6 is 0 Å². The molecule has 25 heavy (non-hydrogen) atoms. The Morgan fingerprint density at radius 2 is 2.00 bits per heavy atom. The number of guanidine groups is 1. The van der Waals surface area contributed by atoms with Gasteiger partial charge in [0.2, 0.25) is 0 Å². The van der Waals surface area contributed by atoms with E-state index < -0.39 is 6.36 Å². The van der Waals surface area contributed by atoms with Crippen LogP contribution in [-0.4, -0.2) is 37.1 Å². The van der Waals surface area contributed by atoms with E-state index in [0.717, 1.165) is 12.1 Å². The fraction of sp³-hybridized carbons (Fsp3) is 0.588. The Balaban J connectivity index is 1.79. The molecule has 1 aliphatic carbocycles. The van der Waals surface area contributed by atoms with Crippen LogP contribution in [0.4, 0.5) is 13.2 Å². The van der Waals surface area contributed by atoms with Crippen molar-refractivity contribution in [3.63, 3.8) is 0 Å². The lowest BCUT2D eigenvalue weighted by Gasteiger charge is -2.25. The highest BCUT2D eigenvalue weighted by Crippen LogP contribution is 2.25. The van der Waals surface area contributed by atoms with Gasteiger partial charge < -0.3 is 20.9 Å². The Kier molecular flexibility index (Phi) is 6.92. The van der Waals surface area contributed by atoms with Gasteiger partial charge in [0.05, 0.1) is 0 Å². The van der Waals surface area contributed by atoms with Crippen LogP contribution in [0.2, 0.25) is 0 Å². The van der Waals surface area contributed by atoms with Crippen LogP contribution in [0.5, 0.6) is 5.75 Å². The van der Waals surface area contributed by atoms with Gasteiger partial charge in [-0.1, -0.05) is 18.6 Å². The van der Waals surface area contributed by atoms with Crippen molar-refractivity contribution in [3.05, 3.63) is 29.8 Å². The predicted molar refractivity (Wildman–Crippen MR) is 89.2 cm³/mol. The summed E-state index contributed by atoms with van der Waals surface area (Å²) in [5.41, 5.74) is 6.61. The van der Waals surface area contributed by atoms with E-state index in [-0.39, 0.29) is 18.3 Å². The molecule has 0 aliphatic heterocycles. The number of rotatable bonds is 8. The third-order valence-electron chi connectivity index (χ3n) is 4.26. The fourth-order valence-electron chi connectivity index (χ4n) is 2.58. The highest BCUT2D eigenvalue weighted by atomic mass is 19.4. The zero-order valence-electron chi connectivity index (χ0n) is 13.9. The molecule has 0 bridgehead atoms. The second-order valence-electron chi connectivity index (χ2n) is 6.35. The van der Waals surface area contributed by atoms with Gasteiger partial charge in [0.25, 0.3) is 0 Å². The van der Waals surface area contributed by atoms with E-state index in [1.807, 2.05) is 0 Å². The van der Waals surface area contributed by atoms with Gasteiger partial charge >= 0.3 is 6.36 Å². The molecule has 1 saturated carbocycles. The van der Waals surface area contributed by atoms with Crippen LogP contribution in [0.25, 0.3) is 0 Å². The van der Waals surface area contributed by atoms with Crippen LogP contribution in [0.15, 0.2) is 29.3 Å². The second-order valence-corrected chi connectivity index (χ2v) is 6.35. The Hall–Kier alpha value is -1.96. The van der Waals surface area contributed by atoms with E-state index in [1.165, 1.54) is 31.4 Å². The highest BCUT2D eigenvalue weighted by molar-refractivity contribution is 5.77. The van der Waals surface area contributed by atoms with Gasteiger partial charge in [-0.15, -0.1) is 13.2 Å². The van der Waals surface area contributed by atoms with E-state index in [4.69, 9.17) is 5.73 Å². The Morgan fingerprint density at radius 3 is 2.52 bits per heavy atom. The largest absolute Gasteiger partial charge is 0.573 e. The minimum atomic E-state index is -4.70. The van der Waals surface area contributed by atoms with Gasteiger partial charge in [-0.2, -0.15) is 0 Å². The molecule has 0 amide bonds. The van der Waals surface area contributed by atoms with Crippen molar-refractivity contribution in [1.29, 1.82) is 0 Å². The molecule has 1 fully saturated rings. The van der Waals surface area contributed by atoms with E-state index in [9.17, 15) is 18.3 Å². The molecule has 1 unspecified atom stereocenters. The number of nitrogens with two attached hydrogens (primary N) is 1. The van der Waals surface area contributed by atoms with Crippen molar-refractivity contribution in [3.8, 4) is 5.75 Å². The number of ether oxygens (including phenoxy) is 1. The minimum absolute atomic E-state index is 0.0831. The fourth-order valence-corrected chi connectivity index (χ4v) is 2.58. The standard InChI is InChI=1S/C17H24F3N3O2/c18-17(19,20)25-15-6-4-12(5-7-15)8-14(11-24)10-23-16(21)22-9-13-2-1-3-13/h4-7,13-14,24H,1-3,8-11H2,(H3,21,22,23). The number of nitrogens with zero attached hydrogens (tertiary/aromatic N) is 1. The molecule has 0 spiro atoms. The monoisotopic (exact) mass is 359 g/mol. The summed E-state index contributed by atoms with van der Waals surface area (Å²) in [4.78, 5) is 4.24. The number of halogens is 3. The van der Waals surface area contributed by atoms with E-state index >= 15 is 0 Å². The normalized spacial score (nSPS) is 17.0. The number of aliphatic hydroxyl groups is 1. The molecule has 0 saturated heterocycles. The minimum Gasteiger partial charge on any atom is -0.406 e. The van der Waals surface area contributed by atoms with E-state index in [0.29, 0.717) is 24.8 Å². The number of hydrogen-bond acceptors (Lipinski definition) is 3. The lowest BCUT2D eigenvalue weighted by atomic mass is 9.85. The van der Waals surface area contributed by atoms with Crippen molar-refractivity contribution < 1.29 is 23.0 Å². The average molecular weight is 359 g/mol. The maximum Gasteiger partial charge on any atom is 0.573 e. The smallest absolute Gasteiger partial charge is 0.406 e. The molecule has 4 N–H and O–H groups in total. The van der Waals surface area contributed by atoms with Crippen LogP contribution in [0, 0.1) is 11.8 Å². The van der Waals surface area contributed by atoms with Gasteiger partial charge in [0.15, 0.2) is 5.96 Å². The molecule has 0 heterocycles. The lowest BCUT2D eigenvalue weighted by molar-refractivity contribution is -0.274. The molecule has 0 radical (unpaired) electrons. The number of hydrogen-bond donors (Lipinski definition) is 3. The van der Waals surface area contributed by atoms with Crippen molar-refractivity contribution in [2.45, 2.75) is 32.0 Å². The number of nitrogens with one attached hydrogen (secondary N) is 1. The summed E-state index contributed by atoms with van der Waals surface area (Å²) >= 11 is 0. The Labute approximate surface area is 145 Å². The molecule has 8 heteroatoms. The lowest BCUT2D eigenvalue weighted by Crippen LogP contribution is -2.37. The summed E-state index contributed by atoms with van der Waals surface area (Å²) in [7, 11) is 0. The second kappa shape index (κ2) is 8.94. The first-order valence-electron chi connectivity index (χ1n) is 8.35. The molecule has 140 valence electrons. The molecule has 5 nitrogen and oxygen atoms in total. The number of benzene rings is 1. The summed E-state index contributed by atoms with van der Waals surface area (Å²) in [6.07, 6.45) is -0.514. The maximum atomic E-state index is 12.1. The number of aliphatic hydroxyl groups excluding tert-OH is 1. The van der Waals surface area contributed by atoms with Crippen LogP contribution < -0.4 is 15.8 Å². The summed E-state index contributed by atoms with van der Waals surface area (Å²) < 4.78 is 40.2. The van der Waals surface area contributed by atoms with Crippen molar-refractivity contribution >= 4 is 5.96 Å². The Morgan fingerprint density at radius 1 is 1.32 bits per heavy atom. The molecule has 1 atom stereocenters. The van der Waals surface area contributed by atoms with E-state index in [1.54, 1.807) is 12.1 Å². The van der Waals surface area contributed by atoms with Gasteiger partial charge in [0.1, 0.15) is 5.75 Å². The SMILES string of the molecule is NC(=NCC(CO)Cc1ccc(OC(F)(F)F)cc1)NCC1CCC1. The molecule has 0 aromatic heterocycles. The average Bonchev–Trinajstić information content (AvgIpc) is 2.50. The third-order valence-corrected chi connectivity index (χ3v) is 4.26.